The van der Waals surface area contributed by atoms with Crippen molar-refractivity contribution in [2.45, 2.75) is 57.2 Å². The topological polar surface area (TPSA) is 86.6 Å². The average Bonchev–Trinajstić information content (AvgIpc) is 3.35. The number of nitrogens with two attached hydrogens (primary N) is 1. The maximum absolute atomic E-state index is 5.88. The van der Waals surface area contributed by atoms with E-state index in [9.17, 15) is 0 Å². The molecule has 0 bridgehead atoms. The fraction of sp³-hybridized carbons (Fsp3) is 0.600. The lowest BCUT2D eigenvalue weighted by Gasteiger charge is -2.46. The predicted octanol–water partition coefficient (Wildman–Crippen LogP) is 3.11. The van der Waals surface area contributed by atoms with E-state index in [0.29, 0.717) is 31.5 Å². The molecular weight excluding hydrogens is 380 g/mol. The summed E-state index contributed by atoms with van der Waals surface area (Å²) in [7, 11) is 0. The van der Waals surface area contributed by atoms with Crippen molar-refractivity contribution >= 4 is 12.4 Å². The SMILES string of the molecule is CC1c2cc3c(cc2C2(CCCC2)CN1Cc1noc(CN)n1)OCCO3.Cl. The summed E-state index contributed by atoms with van der Waals surface area (Å²) in [6, 6.07) is 4.70. The second kappa shape index (κ2) is 7.54. The Kier molecular flexibility index (Phi) is 5.24. The van der Waals surface area contributed by atoms with E-state index in [1.54, 1.807) is 0 Å². The van der Waals surface area contributed by atoms with E-state index in [1.807, 2.05) is 0 Å². The number of fused-ring (bicyclic) bond motifs is 3. The van der Waals surface area contributed by atoms with Crippen LogP contribution in [0.5, 0.6) is 11.5 Å². The van der Waals surface area contributed by atoms with Crippen molar-refractivity contribution in [3.63, 3.8) is 0 Å². The van der Waals surface area contributed by atoms with Gasteiger partial charge in [-0.1, -0.05) is 18.0 Å². The molecule has 1 saturated carbocycles. The normalized spacial score (nSPS) is 22.7. The van der Waals surface area contributed by atoms with Crippen molar-refractivity contribution in [1.29, 1.82) is 0 Å². The molecule has 3 heterocycles. The molecule has 1 unspecified atom stereocenters. The van der Waals surface area contributed by atoms with Crippen LogP contribution in [-0.2, 0) is 18.5 Å². The number of aromatic nitrogens is 2. The van der Waals surface area contributed by atoms with Gasteiger partial charge in [-0.25, -0.2) is 0 Å². The number of hydrogen-bond acceptors (Lipinski definition) is 7. The van der Waals surface area contributed by atoms with Crippen molar-refractivity contribution in [3.8, 4) is 11.5 Å². The van der Waals surface area contributed by atoms with Crippen molar-refractivity contribution < 1.29 is 14.0 Å². The van der Waals surface area contributed by atoms with Crippen LogP contribution >= 0.6 is 12.4 Å². The van der Waals surface area contributed by atoms with Gasteiger partial charge in [0.2, 0.25) is 5.89 Å². The molecule has 0 amide bonds. The zero-order valence-corrected chi connectivity index (χ0v) is 17.0. The second-order valence-corrected chi connectivity index (χ2v) is 7.96. The van der Waals surface area contributed by atoms with Crippen LogP contribution in [0.1, 0.15) is 61.5 Å². The fourth-order valence-electron chi connectivity index (χ4n) is 5.01. The molecule has 2 N–H and O–H groups in total. The van der Waals surface area contributed by atoms with Gasteiger partial charge in [-0.05, 0) is 43.0 Å². The molecule has 28 heavy (non-hydrogen) atoms. The predicted molar refractivity (Wildman–Crippen MR) is 106 cm³/mol. The van der Waals surface area contributed by atoms with Crippen LogP contribution in [0.4, 0.5) is 0 Å². The van der Waals surface area contributed by atoms with Crippen LogP contribution in [0.25, 0.3) is 0 Å². The van der Waals surface area contributed by atoms with Crippen LogP contribution in [0.2, 0.25) is 0 Å². The number of halogens is 1. The third-order valence-corrected chi connectivity index (χ3v) is 6.38. The van der Waals surface area contributed by atoms with Crippen LogP contribution in [0.3, 0.4) is 0 Å². The zero-order chi connectivity index (χ0) is 18.4. The standard InChI is InChI=1S/C20H26N4O3.ClH/c1-13-14-8-16-17(26-7-6-25-16)9-15(14)20(4-2-3-5-20)12-24(13)11-18-22-19(10-21)27-23-18;/h8-9,13H,2-7,10-12,21H2,1H3;1H. The monoisotopic (exact) mass is 406 g/mol. The van der Waals surface area contributed by atoms with Crippen LogP contribution in [0, 0.1) is 0 Å². The summed E-state index contributed by atoms with van der Waals surface area (Å²) in [6.45, 7) is 5.44. The minimum atomic E-state index is 0. The summed E-state index contributed by atoms with van der Waals surface area (Å²) in [5.41, 5.74) is 8.58. The zero-order valence-electron chi connectivity index (χ0n) is 16.1. The first-order valence-electron chi connectivity index (χ1n) is 9.88. The van der Waals surface area contributed by atoms with Gasteiger partial charge in [0.05, 0.1) is 13.1 Å². The minimum absolute atomic E-state index is 0. The summed E-state index contributed by atoms with van der Waals surface area (Å²) in [4.78, 5) is 6.88. The Morgan fingerprint density at radius 2 is 1.89 bits per heavy atom. The Morgan fingerprint density at radius 1 is 1.18 bits per heavy atom. The van der Waals surface area contributed by atoms with E-state index in [-0.39, 0.29) is 30.4 Å². The van der Waals surface area contributed by atoms with Crippen LogP contribution in [-0.4, -0.2) is 34.8 Å². The molecule has 7 nitrogen and oxygen atoms in total. The molecule has 2 aliphatic heterocycles. The third-order valence-electron chi connectivity index (χ3n) is 6.38. The molecule has 1 aromatic heterocycles. The van der Waals surface area contributed by atoms with Crippen molar-refractivity contribution in [2.75, 3.05) is 19.8 Å². The van der Waals surface area contributed by atoms with E-state index in [4.69, 9.17) is 19.7 Å². The Hall–Kier alpha value is -1.83. The molecule has 1 aromatic carbocycles. The highest BCUT2D eigenvalue weighted by atomic mass is 35.5. The lowest BCUT2D eigenvalue weighted by atomic mass is 9.71. The van der Waals surface area contributed by atoms with E-state index >= 15 is 0 Å². The Bertz CT molecular complexity index is 850. The van der Waals surface area contributed by atoms with Gasteiger partial charge in [-0.3, -0.25) is 4.90 Å². The van der Waals surface area contributed by atoms with Gasteiger partial charge in [0.15, 0.2) is 17.3 Å². The van der Waals surface area contributed by atoms with Gasteiger partial charge in [0, 0.05) is 18.0 Å². The molecule has 0 radical (unpaired) electrons. The van der Waals surface area contributed by atoms with Crippen molar-refractivity contribution in [3.05, 3.63) is 35.0 Å². The quantitative estimate of drug-likeness (QED) is 0.837. The van der Waals surface area contributed by atoms with Crippen molar-refractivity contribution in [1.82, 2.24) is 15.0 Å². The lowest BCUT2D eigenvalue weighted by molar-refractivity contribution is 0.121. The smallest absolute Gasteiger partial charge is 0.240 e. The third kappa shape index (κ3) is 3.15. The summed E-state index contributed by atoms with van der Waals surface area (Å²) < 4.78 is 16.9. The number of ether oxygens (including phenoxy) is 2. The maximum atomic E-state index is 5.88. The molecule has 5 rings (SSSR count). The molecular formula is C20H27ClN4O3. The second-order valence-electron chi connectivity index (χ2n) is 7.96. The van der Waals surface area contributed by atoms with Gasteiger partial charge in [0.25, 0.3) is 0 Å². The Labute approximate surface area is 171 Å². The number of hydrogen-bond donors (Lipinski definition) is 1. The van der Waals surface area contributed by atoms with Gasteiger partial charge >= 0.3 is 0 Å². The van der Waals surface area contributed by atoms with Gasteiger partial charge in [-0.2, -0.15) is 4.98 Å². The first-order valence-corrected chi connectivity index (χ1v) is 9.88. The van der Waals surface area contributed by atoms with E-state index in [1.165, 1.54) is 36.8 Å². The van der Waals surface area contributed by atoms with Crippen LogP contribution < -0.4 is 15.2 Å². The average molecular weight is 407 g/mol. The number of rotatable bonds is 3. The first-order chi connectivity index (χ1) is 13.2. The molecule has 3 aliphatic rings. The first kappa shape index (κ1) is 19.5. The molecule has 2 aromatic rings. The molecule has 1 spiro atoms. The van der Waals surface area contributed by atoms with Crippen molar-refractivity contribution in [2.24, 2.45) is 5.73 Å². The number of benzene rings is 1. The summed E-state index contributed by atoms with van der Waals surface area (Å²) in [6.07, 6.45) is 4.97. The van der Waals surface area contributed by atoms with E-state index in [2.05, 4.69) is 34.1 Å². The van der Waals surface area contributed by atoms with E-state index < -0.39 is 0 Å². The fourth-order valence-corrected chi connectivity index (χ4v) is 5.01. The molecule has 8 heteroatoms. The minimum Gasteiger partial charge on any atom is -0.486 e. The summed E-state index contributed by atoms with van der Waals surface area (Å²) in [5, 5.41) is 4.10. The van der Waals surface area contributed by atoms with Gasteiger partial charge < -0.3 is 19.7 Å². The Morgan fingerprint density at radius 3 is 2.57 bits per heavy atom. The lowest BCUT2D eigenvalue weighted by Crippen LogP contribution is -2.46. The molecule has 0 saturated heterocycles. The molecule has 1 fully saturated rings. The molecule has 1 atom stereocenters. The largest absolute Gasteiger partial charge is 0.486 e. The maximum Gasteiger partial charge on any atom is 0.240 e. The Balaban J connectivity index is 0.00000192. The molecule has 1 aliphatic carbocycles. The molecule has 152 valence electrons. The number of nitrogens with zero attached hydrogens (tertiary/aromatic N) is 3. The summed E-state index contributed by atoms with van der Waals surface area (Å²) >= 11 is 0. The van der Waals surface area contributed by atoms with Gasteiger partial charge in [0.1, 0.15) is 13.2 Å². The summed E-state index contributed by atoms with van der Waals surface area (Å²) in [5.74, 6) is 2.96. The van der Waals surface area contributed by atoms with Gasteiger partial charge in [-0.15, -0.1) is 12.4 Å². The highest BCUT2D eigenvalue weighted by Crippen LogP contribution is 2.52. The highest BCUT2D eigenvalue weighted by Gasteiger charge is 2.45. The van der Waals surface area contributed by atoms with Crippen LogP contribution in [0.15, 0.2) is 16.7 Å². The van der Waals surface area contributed by atoms with E-state index in [0.717, 1.165) is 18.0 Å². The highest BCUT2D eigenvalue weighted by molar-refractivity contribution is 5.85.